The maximum absolute atomic E-state index is 13.5. The molecule has 2 heterocycles. The van der Waals surface area contributed by atoms with Gasteiger partial charge in [-0.2, -0.15) is 0 Å². The van der Waals surface area contributed by atoms with E-state index in [1.54, 1.807) is 0 Å². The van der Waals surface area contributed by atoms with Gasteiger partial charge >= 0.3 is 0 Å². The Hall–Kier alpha value is -3.55. The number of Topliss-reactive ketones (excluding diaryl/α,β-unsaturated/α-hetero) is 1. The van der Waals surface area contributed by atoms with Crippen LogP contribution in [0.3, 0.4) is 0 Å². The lowest BCUT2D eigenvalue weighted by Crippen LogP contribution is -2.25. The Morgan fingerprint density at radius 1 is 1.04 bits per heavy atom. The van der Waals surface area contributed by atoms with Crippen molar-refractivity contribution in [3.8, 4) is 0 Å². The van der Waals surface area contributed by atoms with Crippen LogP contribution in [0, 0.1) is 11.6 Å². The minimum Gasteiger partial charge on any atom is -0.384 e. The average Bonchev–Trinajstić information content (AvgIpc) is 2.89. The molecule has 0 atom stereocenters. The largest absolute Gasteiger partial charge is 0.384 e. The van der Waals surface area contributed by atoms with Crippen molar-refractivity contribution in [2.45, 2.75) is 0 Å². The minimum absolute atomic E-state index is 0.0276. The third-order valence-electron chi connectivity index (χ3n) is 4.17. The van der Waals surface area contributed by atoms with Crippen molar-refractivity contribution in [2.24, 2.45) is 5.73 Å². The summed E-state index contributed by atoms with van der Waals surface area (Å²) in [6, 6.07) is 9.08. The van der Waals surface area contributed by atoms with Gasteiger partial charge in [0.2, 0.25) is 0 Å². The van der Waals surface area contributed by atoms with Gasteiger partial charge < -0.3 is 15.6 Å². The minimum atomic E-state index is -0.547. The van der Waals surface area contributed by atoms with Gasteiger partial charge in [0.15, 0.2) is 5.78 Å². The van der Waals surface area contributed by atoms with Gasteiger partial charge in [-0.25, -0.2) is 13.8 Å². The molecule has 0 amide bonds. The number of aromatic nitrogens is 2. The number of fused-ring (bicyclic) bond motifs is 1. The highest BCUT2D eigenvalue weighted by Gasteiger charge is 2.32. The van der Waals surface area contributed by atoms with Gasteiger partial charge in [0.25, 0.3) is 5.56 Å². The lowest BCUT2D eigenvalue weighted by molar-refractivity contribution is -0.112. The molecule has 26 heavy (non-hydrogen) atoms. The normalized spacial score (nSPS) is 14.5. The fourth-order valence-electron chi connectivity index (χ4n) is 2.92. The predicted octanol–water partition coefficient (Wildman–Crippen LogP) is 1.92. The van der Waals surface area contributed by atoms with Crippen molar-refractivity contribution in [3.05, 3.63) is 76.1 Å². The van der Waals surface area contributed by atoms with Gasteiger partial charge in [-0.15, -0.1) is 0 Å². The van der Waals surface area contributed by atoms with Crippen LogP contribution in [0.2, 0.25) is 0 Å². The molecular formula is C18H12F2N4O2. The molecule has 130 valence electrons. The second kappa shape index (κ2) is 5.76. The van der Waals surface area contributed by atoms with Crippen LogP contribution in [0.15, 0.2) is 53.1 Å². The summed E-state index contributed by atoms with van der Waals surface area (Å²) in [5, 5.41) is 0.204. The number of anilines is 1. The Morgan fingerprint density at radius 3 is 2.46 bits per heavy atom. The second-order valence-electron chi connectivity index (χ2n) is 5.82. The first kappa shape index (κ1) is 15.9. The molecule has 0 unspecified atom stereocenters. The first-order chi connectivity index (χ1) is 12.4. The molecule has 4 rings (SSSR count). The number of carbonyl (C=O) groups excluding carboxylic acids is 1. The molecule has 3 N–H and O–H groups in total. The van der Waals surface area contributed by atoms with E-state index in [0.29, 0.717) is 5.69 Å². The van der Waals surface area contributed by atoms with E-state index in [-0.39, 0.29) is 40.4 Å². The summed E-state index contributed by atoms with van der Waals surface area (Å²) in [5.74, 6) is -1.26. The number of hydrogen-bond acceptors (Lipinski definition) is 5. The SMILES string of the molecule is NC1=C(c2nc3cc(F)ccc3c(=O)[nH]2)C(=O)CN1c1ccc(F)cc1. The summed E-state index contributed by atoms with van der Waals surface area (Å²) in [6.07, 6.45) is 0. The highest BCUT2D eigenvalue weighted by Crippen LogP contribution is 2.29. The molecule has 1 aliphatic heterocycles. The van der Waals surface area contributed by atoms with Crippen molar-refractivity contribution >= 4 is 27.9 Å². The zero-order valence-corrected chi connectivity index (χ0v) is 13.3. The Labute approximate surface area is 145 Å². The quantitative estimate of drug-likeness (QED) is 0.734. The monoisotopic (exact) mass is 354 g/mol. The van der Waals surface area contributed by atoms with Crippen LogP contribution in [0.4, 0.5) is 14.5 Å². The lowest BCUT2D eigenvalue weighted by atomic mass is 10.1. The number of ketones is 1. The van der Waals surface area contributed by atoms with Crippen molar-refractivity contribution < 1.29 is 13.6 Å². The van der Waals surface area contributed by atoms with Crippen LogP contribution < -0.4 is 16.2 Å². The van der Waals surface area contributed by atoms with Crippen LogP contribution >= 0.6 is 0 Å². The molecule has 1 aromatic heterocycles. The van der Waals surface area contributed by atoms with Crippen molar-refractivity contribution in [1.29, 1.82) is 0 Å². The van der Waals surface area contributed by atoms with E-state index in [2.05, 4.69) is 9.97 Å². The fraction of sp³-hybridized carbons (Fsp3) is 0.0556. The molecule has 1 aliphatic rings. The van der Waals surface area contributed by atoms with Crippen molar-refractivity contribution in [1.82, 2.24) is 9.97 Å². The van der Waals surface area contributed by atoms with E-state index < -0.39 is 17.2 Å². The standard InChI is InChI=1S/C18H12F2N4O2/c19-9-1-4-11(5-2-9)24-8-14(25)15(16(24)21)17-22-13-7-10(20)3-6-12(13)18(26)23-17/h1-7H,8,21H2,(H,22,23,26). The third-order valence-corrected chi connectivity index (χ3v) is 4.17. The number of benzene rings is 2. The van der Waals surface area contributed by atoms with Crippen LogP contribution in [-0.4, -0.2) is 22.3 Å². The number of nitrogens with two attached hydrogens (primary N) is 1. The van der Waals surface area contributed by atoms with E-state index in [9.17, 15) is 18.4 Å². The van der Waals surface area contributed by atoms with Gasteiger partial charge in [0.05, 0.1) is 17.4 Å². The van der Waals surface area contributed by atoms with E-state index in [0.717, 1.165) is 12.1 Å². The second-order valence-corrected chi connectivity index (χ2v) is 5.82. The zero-order chi connectivity index (χ0) is 18.4. The topological polar surface area (TPSA) is 92.1 Å². The number of carbonyl (C=O) groups is 1. The molecule has 8 heteroatoms. The number of halogens is 2. The third kappa shape index (κ3) is 2.52. The number of rotatable bonds is 2. The number of aromatic amines is 1. The summed E-state index contributed by atoms with van der Waals surface area (Å²) in [5.41, 5.74) is 6.28. The Kier molecular flexibility index (Phi) is 3.54. The molecule has 2 aromatic carbocycles. The molecule has 0 saturated heterocycles. The Bertz CT molecular complexity index is 1140. The number of nitrogens with one attached hydrogen (secondary N) is 1. The summed E-state index contributed by atoms with van der Waals surface area (Å²) in [6.45, 7) is -0.0717. The highest BCUT2D eigenvalue weighted by molar-refractivity contribution is 6.25. The fourth-order valence-corrected chi connectivity index (χ4v) is 2.92. The summed E-state index contributed by atoms with van der Waals surface area (Å²) in [4.78, 5) is 32.9. The van der Waals surface area contributed by atoms with Gasteiger partial charge in [0.1, 0.15) is 28.9 Å². The van der Waals surface area contributed by atoms with Crippen molar-refractivity contribution in [2.75, 3.05) is 11.4 Å². The molecule has 0 spiro atoms. The van der Waals surface area contributed by atoms with E-state index >= 15 is 0 Å². The molecule has 6 nitrogen and oxygen atoms in total. The van der Waals surface area contributed by atoms with Crippen LogP contribution in [-0.2, 0) is 4.79 Å². The molecule has 0 fully saturated rings. The molecule has 0 bridgehead atoms. The molecule has 3 aromatic rings. The van der Waals surface area contributed by atoms with Gasteiger partial charge in [-0.1, -0.05) is 0 Å². The van der Waals surface area contributed by atoms with Gasteiger partial charge in [-0.05, 0) is 36.4 Å². The predicted molar refractivity (Wildman–Crippen MR) is 92.2 cm³/mol. The molecular weight excluding hydrogens is 342 g/mol. The Morgan fingerprint density at radius 2 is 1.73 bits per heavy atom. The first-order valence-electron chi connectivity index (χ1n) is 7.70. The van der Waals surface area contributed by atoms with E-state index in [1.807, 2.05) is 0 Å². The van der Waals surface area contributed by atoms with E-state index in [4.69, 9.17) is 5.73 Å². The lowest BCUT2D eigenvalue weighted by Gasteiger charge is -2.18. The van der Waals surface area contributed by atoms with Gasteiger partial charge in [-0.3, -0.25) is 9.59 Å². The molecule has 0 radical (unpaired) electrons. The van der Waals surface area contributed by atoms with Crippen LogP contribution in [0.1, 0.15) is 5.82 Å². The number of nitrogens with zero attached hydrogens (tertiary/aromatic N) is 2. The summed E-state index contributed by atoms with van der Waals surface area (Å²) < 4.78 is 26.6. The number of hydrogen-bond donors (Lipinski definition) is 2. The van der Waals surface area contributed by atoms with Crippen LogP contribution in [0.5, 0.6) is 0 Å². The average molecular weight is 354 g/mol. The smallest absolute Gasteiger partial charge is 0.259 e. The molecule has 0 aliphatic carbocycles. The van der Waals surface area contributed by atoms with Crippen molar-refractivity contribution in [3.63, 3.8) is 0 Å². The summed E-state index contributed by atoms with van der Waals surface area (Å²) >= 11 is 0. The zero-order valence-electron chi connectivity index (χ0n) is 13.3. The van der Waals surface area contributed by atoms with E-state index in [1.165, 1.54) is 35.2 Å². The summed E-state index contributed by atoms with van der Waals surface area (Å²) in [7, 11) is 0. The highest BCUT2D eigenvalue weighted by atomic mass is 19.1. The molecule has 0 saturated carbocycles. The Balaban J connectivity index is 1.86. The van der Waals surface area contributed by atoms with Gasteiger partial charge in [0, 0.05) is 11.8 Å². The van der Waals surface area contributed by atoms with Crippen LogP contribution in [0.25, 0.3) is 16.5 Å². The number of H-pyrrole nitrogens is 1. The first-order valence-corrected chi connectivity index (χ1v) is 7.70. The maximum Gasteiger partial charge on any atom is 0.259 e. The maximum atomic E-state index is 13.5.